The number of aliphatic hydroxyl groups is 3. The van der Waals surface area contributed by atoms with Crippen LogP contribution in [0.15, 0.2) is 42.5 Å². The van der Waals surface area contributed by atoms with E-state index in [-0.39, 0.29) is 38.7 Å². The smallest absolute Gasteiger partial charge is 0.291 e. The molecule has 0 aromatic heterocycles. The maximum Gasteiger partial charge on any atom is 0.291 e. The lowest BCUT2D eigenvalue weighted by molar-refractivity contribution is -0.151. The number of methoxy groups -OCH3 is 2. The van der Waals surface area contributed by atoms with Crippen molar-refractivity contribution in [1.82, 2.24) is 14.7 Å². The lowest BCUT2D eigenvalue weighted by atomic mass is 9.79. The van der Waals surface area contributed by atoms with Gasteiger partial charge in [0.2, 0.25) is 17.3 Å². The number of aryl methyl sites for hydroxylation is 1. The number of likely N-dealkylation sites (tertiary alicyclic amines) is 3. The number of Topliss-reactive ketones (excluding diaryl/α,β-unsaturated/α-hetero) is 3. The van der Waals surface area contributed by atoms with Gasteiger partial charge in [0.05, 0.1) is 14.2 Å². The molecule has 0 bridgehead atoms. The summed E-state index contributed by atoms with van der Waals surface area (Å²) in [7, 11) is 3.22. The summed E-state index contributed by atoms with van der Waals surface area (Å²) in [5.41, 5.74) is -0.128. The minimum Gasteiger partial charge on any atom is -0.500 e. The molecule has 0 radical (unpaired) electrons. The van der Waals surface area contributed by atoms with E-state index in [2.05, 4.69) is 0 Å². The Balaban J connectivity index is 0.000000310. The molecular weight excluding hydrogens is 1030 g/mol. The number of hydrogen-bond donors (Lipinski definition) is 3. The Bertz CT molecular complexity index is 2410. The molecule has 3 aliphatic heterocycles. The average Bonchev–Trinajstić information content (AvgIpc) is 3.83. The van der Waals surface area contributed by atoms with Gasteiger partial charge in [-0.3, -0.25) is 28.8 Å². The Morgan fingerprint density at radius 1 is 0.632 bits per heavy atom. The van der Waals surface area contributed by atoms with E-state index in [1.165, 1.54) is 26.8 Å². The first-order chi connectivity index (χ1) is 35.5. The topological polar surface area (TPSA) is 191 Å². The van der Waals surface area contributed by atoms with Crippen molar-refractivity contribution >= 4 is 86.9 Å². The quantitative estimate of drug-likeness (QED) is 0.0790. The molecule has 3 N–H and O–H groups in total. The van der Waals surface area contributed by atoms with E-state index in [1.807, 2.05) is 52.0 Å². The van der Waals surface area contributed by atoms with Gasteiger partial charge in [-0.25, -0.2) is 4.39 Å². The van der Waals surface area contributed by atoms with Crippen molar-refractivity contribution in [3.05, 3.63) is 59.4 Å². The molecule has 18 heteroatoms. The zero-order chi connectivity index (χ0) is 57.5. The minimum atomic E-state index is -0.749. The Morgan fingerprint density at radius 3 is 1.62 bits per heavy atom. The van der Waals surface area contributed by atoms with Crippen molar-refractivity contribution < 1.29 is 58.0 Å². The largest absolute Gasteiger partial charge is 0.500 e. The monoisotopic (exact) mass is 1110 g/mol. The van der Waals surface area contributed by atoms with Crippen molar-refractivity contribution in [1.29, 1.82) is 0 Å². The molecule has 6 atom stereocenters. The number of nitrogens with zero attached hydrogens (tertiary/aromatic N) is 3. The van der Waals surface area contributed by atoms with E-state index < -0.39 is 69.4 Å². The molecule has 3 aliphatic rings. The van der Waals surface area contributed by atoms with E-state index in [9.17, 15) is 48.5 Å². The minimum absolute atomic E-state index is 0.0374. The maximum absolute atomic E-state index is 13.6. The van der Waals surface area contributed by atoms with Gasteiger partial charge in [-0.15, -0.1) is 0 Å². The fourth-order valence-corrected chi connectivity index (χ4v) is 10.7. The summed E-state index contributed by atoms with van der Waals surface area (Å²) in [6, 6.07) is 10.6. The highest BCUT2D eigenvalue weighted by Crippen LogP contribution is 2.37. The van der Waals surface area contributed by atoms with Crippen molar-refractivity contribution in [2.45, 2.75) is 177 Å². The van der Waals surface area contributed by atoms with Crippen LogP contribution in [0, 0.1) is 33.9 Å². The first-order valence-corrected chi connectivity index (χ1v) is 28.0. The Hall–Kier alpha value is -4.94. The maximum atomic E-state index is 13.6. The number of carbonyl (C=O) groups is 6. The molecule has 5 unspecified atom stereocenters. The van der Waals surface area contributed by atoms with Crippen LogP contribution in [-0.4, -0.2) is 132 Å². The molecular formula is C58H84FN3O11S3. The summed E-state index contributed by atoms with van der Waals surface area (Å²) < 4.78 is 24.2. The third-order valence-electron chi connectivity index (χ3n) is 16.0. The molecule has 5 rings (SSSR count). The van der Waals surface area contributed by atoms with E-state index in [1.54, 1.807) is 61.8 Å². The second-order valence-electron chi connectivity index (χ2n) is 22.3. The van der Waals surface area contributed by atoms with Crippen molar-refractivity contribution in [2.24, 2.45) is 28.1 Å². The van der Waals surface area contributed by atoms with Crippen LogP contribution in [0.3, 0.4) is 0 Å². The summed E-state index contributed by atoms with van der Waals surface area (Å²) in [6.07, 6.45) is 9.56. The number of benzene rings is 2. The van der Waals surface area contributed by atoms with Crippen LogP contribution < -0.4 is 9.47 Å². The van der Waals surface area contributed by atoms with Crippen LogP contribution >= 0.6 is 36.7 Å². The summed E-state index contributed by atoms with van der Waals surface area (Å²) in [5, 5.41) is 29.1. The lowest BCUT2D eigenvalue weighted by Crippen LogP contribution is -2.55. The van der Waals surface area contributed by atoms with E-state index in [0.717, 1.165) is 62.5 Å². The Morgan fingerprint density at radius 2 is 1.13 bits per heavy atom. The molecule has 3 amide bonds. The number of rotatable bonds is 21. The van der Waals surface area contributed by atoms with Gasteiger partial charge in [-0.1, -0.05) is 87.4 Å². The van der Waals surface area contributed by atoms with Gasteiger partial charge < -0.3 is 39.5 Å². The zero-order valence-corrected chi connectivity index (χ0v) is 49.3. The number of carbonyl (C=O) groups excluding carboxylic acids is 6. The molecule has 3 heterocycles. The van der Waals surface area contributed by atoms with Crippen LogP contribution in [0.2, 0.25) is 0 Å². The second-order valence-corrected chi connectivity index (χ2v) is 23.6. The molecule has 0 saturated carbocycles. The van der Waals surface area contributed by atoms with Crippen molar-refractivity contribution in [2.75, 3.05) is 33.9 Å². The summed E-state index contributed by atoms with van der Waals surface area (Å²) in [4.78, 5) is 79.8. The summed E-state index contributed by atoms with van der Waals surface area (Å²) in [6.45, 7) is 19.6. The standard InChI is InChI=1S/C23H33NO5S.C22H30FNO3S.C13H21NO3S/c1-6-23(2,3)20(25)21(26)24-13-12-16(19(24)22(27)30)9-7-8-15-10-11-17(28-4)18(14-15)29-5;1-5-22(3,4)19(25)20(26)24-11-7-9-16(18(24)21(27)28)12-14(2)15-8-6-10-17(23)13-15;1-4-13(2,3)10(15)11(16)14-8-6-5-7-9(14)12(17)18/h10-11,14,16,19H,6-9,12-13H2,1-5H3,(H,27,30);6,8,10,13-14,16,18H,5,7,9,11-12H2,1-4H3,(H,27,28);9H,4-8H2,1-3H3,(H,17,18)/t;14-,16?,18?;/m.0./s1. The number of halogens is 1. The van der Waals surface area contributed by atoms with E-state index in [4.69, 9.17) is 46.1 Å². The van der Waals surface area contributed by atoms with Gasteiger partial charge in [0.15, 0.2) is 26.7 Å². The predicted octanol–water partition coefficient (Wildman–Crippen LogP) is 11.2. The fraction of sp³-hybridized carbons (Fsp3) is 0.638. The van der Waals surface area contributed by atoms with Gasteiger partial charge in [-0.2, -0.15) is 0 Å². The molecule has 3 fully saturated rings. The number of piperidine rings is 2. The SMILES string of the molecule is CCC(C)(C)C(=O)C(=O)N1CCC(CCCc2ccc(OC)c(OC)c2)C1C(O)=S.CCC(C)(C)C(=O)C(=O)N1CCCC(C[C@H](C)c2cccc(F)c2)C1C(O)=S.CCC(C)(C)C(=O)C(=O)N1CCCCC1C(O)=S. The molecule has 2 aromatic rings. The highest BCUT2D eigenvalue weighted by molar-refractivity contribution is 7.80. The number of thiocarbonyl (C=S) groups is 3. The van der Waals surface area contributed by atoms with Crippen LogP contribution in [0.1, 0.15) is 163 Å². The highest BCUT2D eigenvalue weighted by Gasteiger charge is 2.46. The Kier molecular flexibility index (Phi) is 25.1. The number of hydrogen-bond acceptors (Lipinski definition) is 11. The lowest BCUT2D eigenvalue weighted by Gasteiger charge is -2.41. The average molecular weight is 1110 g/mol. The van der Waals surface area contributed by atoms with E-state index in [0.29, 0.717) is 63.2 Å². The van der Waals surface area contributed by atoms with Crippen LogP contribution in [0.5, 0.6) is 11.5 Å². The van der Waals surface area contributed by atoms with Crippen molar-refractivity contribution in [3.63, 3.8) is 0 Å². The first kappa shape index (κ1) is 65.3. The second kappa shape index (κ2) is 29.2. The molecule has 422 valence electrons. The van der Waals surface area contributed by atoms with Gasteiger partial charge in [-0.05, 0) is 173 Å². The molecule has 76 heavy (non-hydrogen) atoms. The fourth-order valence-electron chi connectivity index (χ4n) is 9.79. The number of aliphatic hydroxyl groups excluding tert-OH is 3. The number of ketones is 3. The molecule has 14 nitrogen and oxygen atoms in total. The van der Waals surface area contributed by atoms with Gasteiger partial charge >= 0.3 is 0 Å². The highest BCUT2D eigenvalue weighted by atomic mass is 32.1. The van der Waals surface area contributed by atoms with Crippen LogP contribution in [0.25, 0.3) is 0 Å². The van der Waals surface area contributed by atoms with Gasteiger partial charge in [0.25, 0.3) is 17.7 Å². The molecule has 2 aromatic carbocycles. The normalized spacial score (nSPS) is 20.2. The summed E-state index contributed by atoms with van der Waals surface area (Å²) in [5.74, 6) is -1.78. The molecule has 3 saturated heterocycles. The third kappa shape index (κ3) is 17.0. The Labute approximate surface area is 466 Å². The van der Waals surface area contributed by atoms with Crippen molar-refractivity contribution in [3.8, 4) is 11.5 Å². The molecule has 0 spiro atoms. The number of ether oxygens (including phenoxy) is 2. The number of amides is 3. The summed E-state index contributed by atoms with van der Waals surface area (Å²) >= 11 is 14.9. The van der Waals surface area contributed by atoms with Crippen LogP contribution in [0.4, 0.5) is 4.39 Å². The molecule has 0 aliphatic carbocycles. The van der Waals surface area contributed by atoms with E-state index >= 15 is 0 Å². The zero-order valence-electron chi connectivity index (χ0n) is 46.9. The predicted molar refractivity (Wildman–Crippen MR) is 306 cm³/mol. The van der Waals surface area contributed by atoms with Gasteiger partial charge in [0, 0.05) is 35.9 Å². The first-order valence-electron chi connectivity index (χ1n) is 26.8. The van der Waals surface area contributed by atoms with Crippen LogP contribution in [-0.2, 0) is 35.2 Å². The van der Waals surface area contributed by atoms with Gasteiger partial charge in [0.1, 0.15) is 23.9 Å². The third-order valence-corrected chi connectivity index (χ3v) is 16.8.